The second-order valence-corrected chi connectivity index (χ2v) is 9.69. The summed E-state index contributed by atoms with van der Waals surface area (Å²) in [5.74, 6) is 0.955. The molecule has 0 aromatic rings. The summed E-state index contributed by atoms with van der Waals surface area (Å²) < 4.78 is 12.1. The molecule has 19 heavy (non-hydrogen) atoms. The number of unbranched alkanes of at least 4 members (excludes halogenated alkanes) is 3. The summed E-state index contributed by atoms with van der Waals surface area (Å²) in [6.07, 6.45) is 5.18. The first-order chi connectivity index (χ1) is 8.89. The predicted octanol–water partition coefficient (Wildman–Crippen LogP) is 4.68. The lowest BCUT2D eigenvalue weighted by Gasteiger charge is -2.31. The molecule has 0 saturated carbocycles. The van der Waals surface area contributed by atoms with Gasteiger partial charge in [0.05, 0.1) is 0 Å². The van der Waals surface area contributed by atoms with E-state index in [-0.39, 0.29) is 12.2 Å². The first-order valence-corrected chi connectivity index (χ1v) is 10.8. The van der Waals surface area contributed by atoms with Gasteiger partial charge < -0.3 is 8.85 Å². The Bertz CT molecular complexity index is 257. The van der Waals surface area contributed by atoms with Crippen LogP contribution in [0.4, 0.5) is 0 Å². The SMILES string of the molecule is CC(C)O[Si](C)(CCCCCCSC#N)OC(C)C. The molecule has 0 spiro atoms. The van der Waals surface area contributed by atoms with E-state index in [1.807, 2.05) is 0 Å². The number of hydrogen-bond donors (Lipinski definition) is 0. The fraction of sp³-hybridized carbons (Fsp3) is 0.929. The normalized spacial score (nSPS) is 12.1. The molecule has 0 amide bonds. The molecule has 0 aromatic carbocycles. The molecule has 0 aliphatic heterocycles. The van der Waals surface area contributed by atoms with Gasteiger partial charge in [0, 0.05) is 18.0 Å². The minimum absolute atomic E-state index is 0.238. The zero-order valence-corrected chi connectivity index (χ0v) is 14.9. The number of thioether (sulfide) groups is 1. The van der Waals surface area contributed by atoms with Gasteiger partial charge in [-0.25, -0.2) is 0 Å². The van der Waals surface area contributed by atoms with Crippen LogP contribution >= 0.6 is 11.8 Å². The molecule has 3 nitrogen and oxygen atoms in total. The van der Waals surface area contributed by atoms with E-state index in [1.54, 1.807) is 0 Å². The molecule has 0 aliphatic carbocycles. The minimum Gasteiger partial charge on any atom is -0.392 e. The average Bonchev–Trinajstić information content (AvgIpc) is 2.25. The Morgan fingerprint density at radius 1 is 1.00 bits per heavy atom. The molecule has 0 bridgehead atoms. The van der Waals surface area contributed by atoms with E-state index in [0.717, 1.165) is 18.2 Å². The number of hydrogen-bond acceptors (Lipinski definition) is 4. The van der Waals surface area contributed by atoms with Crippen molar-refractivity contribution in [2.75, 3.05) is 5.75 Å². The van der Waals surface area contributed by atoms with E-state index >= 15 is 0 Å². The van der Waals surface area contributed by atoms with Gasteiger partial charge in [-0.2, -0.15) is 5.26 Å². The summed E-state index contributed by atoms with van der Waals surface area (Å²) in [4.78, 5) is 0. The summed E-state index contributed by atoms with van der Waals surface area (Å²) in [7, 11) is -2.01. The molecule has 0 radical (unpaired) electrons. The van der Waals surface area contributed by atoms with Gasteiger partial charge in [-0.3, -0.25) is 0 Å². The van der Waals surface area contributed by atoms with E-state index in [0.29, 0.717) is 0 Å². The fourth-order valence-electron chi connectivity index (χ4n) is 2.16. The van der Waals surface area contributed by atoms with Crippen molar-refractivity contribution in [1.82, 2.24) is 0 Å². The van der Waals surface area contributed by atoms with Crippen LogP contribution in [0, 0.1) is 10.7 Å². The summed E-state index contributed by atoms with van der Waals surface area (Å²) >= 11 is 1.35. The highest BCUT2D eigenvalue weighted by Crippen LogP contribution is 2.22. The smallest absolute Gasteiger partial charge is 0.335 e. The number of rotatable bonds is 11. The first-order valence-electron chi connectivity index (χ1n) is 7.26. The van der Waals surface area contributed by atoms with Gasteiger partial charge in [0.15, 0.2) is 0 Å². The number of nitriles is 1. The van der Waals surface area contributed by atoms with Crippen molar-refractivity contribution in [2.45, 2.75) is 78.2 Å². The quantitative estimate of drug-likeness (QED) is 0.316. The third-order valence-electron chi connectivity index (χ3n) is 2.66. The van der Waals surface area contributed by atoms with Crippen LogP contribution in [0.2, 0.25) is 12.6 Å². The third kappa shape index (κ3) is 11.5. The summed E-state index contributed by atoms with van der Waals surface area (Å²) in [5, 5.41) is 10.5. The second kappa shape index (κ2) is 10.7. The van der Waals surface area contributed by atoms with E-state index in [4.69, 9.17) is 14.1 Å². The van der Waals surface area contributed by atoms with Crippen LogP contribution in [0.5, 0.6) is 0 Å². The maximum Gasteiger partial charge on any atom is 0.335 e. The second-order valence-electron chi connectivity index (χ2n) is 5.57. The van der Waals surface area contributed by atoms with Crippen molar-refractivity contribution >= 4 is 20.3 Å². The van der Waals surface area contributed by atoms with Gasteiger partial charge >= 0.3 is 8.56 Å². The third-order valence-corrected chi connectivity index (χ3v) is 6.49. The monoisotopic (exact) mass is 303 g/mol. The van der Waals surface area contributed by atoms with Crippen LogP contribution in [0.25, 0.3) is 0 Å². The Hall–Kier alpha value is -0.0231. The van der Waals surface area contributed by atoms with Crippen LogP contribution in [-0.2, 0) is 8.85 Å². The lowest BCUT2D eigenvalue weighted by molar-refractivity contribution is 0.109. The minimum atomic E-state index is -2.01. The Balaban J connectivity index is 3.90. The summed E-state index contributed by atoms with van der Waals surface area (Å²) in [5.41, 5.74) is 0. The molecule has 0 rings (SSSR count). The van der Waals surface area contributed by atoms with Crippen molar-refractivity contribution in [3.8, 4) is 5.40 Å². The van der Waals surface area contributed by atoms with Crippen LogP contribution in [0.15, 0.2) is 0 Å². The number of nitrogens with zero attached hydrogens (tertiary/aromatic N) is 1. The van der Waals surface area contributed by atoms with Crippen molar-refractivity contribution in [1.29, 1.82) is 5.26 Å². The largest absolute Gasteiger partial charge is 0.392 e. The fourth-order valence-corrected chi connectivity index (χ4v) is 5.78. The highest BCUT2D eigenvalue weighted by molar-refractivity contribution is 8.03. The molecule has 0 unspecified atom stereocenters. The van der Waals surface area contributed by atoms with Gasteiger partial charge in [-0.15, -0.1) is 0 Å². The average molecular weight is 304 g/mol. The standard InChI is InChI=1S/C14H29NO2SSi/c1-13(2)16-19(5,17-14(3)4)11-9-7-6-8-10-18-12-15/h13-14H,6-11H2,1-5H3. The van der Waals surface area contributed by atoms with Crippen LogP contribution < -0.4 is 0 Å². The molecular weight excluding hydrogens is 274 g/mol. The highest BCUT2D eigenvalue weighted by Gasteiger charge is 2.33. The molecule has 0 N–H and O–H groups in total. The van der Waals surface area contributed by atoms with Gasteiger partial charge in [0.1, 0.15) is 5.40 Å². The van der Waals surface area contributed by atoms with Crippen molar-refractivity contribution in [3.05, 3.63) is 0 Å². The lowest BCUT2D eigenvalue weighted by Crippen LogP contribution is -2.42. The molecule has 5 heteroatoms. The van der Waals surface area contributed by atoms with E-state index in [9.17, 15) is 0 Å². The molecule has 0 aromatic heterocycles. The molecule has 112 valence electrons. The molecule has 0 atom stereocenters. The molecule has 0 heterocycles. The lowest BCUT2D eigenvalue weighted by atomic mass is 10.2. The van der Waals surface area contributed by atoms with E-state index in [2.05, 4.69) is 39.6 Å². The molecule has 0 saturated heterocycles. The zero-order chi connectivity index (χ0) is 14.7. The summed E-state index contributed by atoms with van der Waals surface area (Å²) in [6, 6.07) is 1.06. The molecule has 0 fully saturated rings. The van der Waals surface area contributed by atoms with Crippen LogP contribution in [0.3, 0.4) is 0 Å². The zero-order valence-electron chi connectivity index (χ0n) is 13.1. The number of thiocyanates is 1. The molecule has 0 aliphatic rings. The van der Waals surface area contributed by atoms with Crippen molar-refractivity contribution in [3.63, 3.8) is 0 Å². The van der Waals surface area contributed by atoms with E-state index < -0.39 is 8.56 Å². The maximum absolute atomic E-state index is 8.43. The first kappa shape index (κ1) is 19.0. The predicted molar refractivity (Wildman–Crippen MR) is 85.4 cm³/mol. The van der Waals surface area contributed by atoms with Gasteiger partial charge in [-0.05, 0) is 58.5 Å². The Kier molecular flexibility index (Phi) is 10.7. The Labute approximate surface area is 124 Å². The Morgan fingerprint density at radius 3 is 2.00 bits per heavy atom. The van der Waals surface area contributed by atoms with Crippen LogP contribution in [0.1, 0.15) is 53.4 Å². The van der Waals surface area contributed by atoms with E-state index in [1.165, 1.54) is 31.0 Å². The maximum atomic E-state index is 8.43. The molecular formula is C14H29NO2SSi. The van der Waals surface area contributed by atoms with Crippen molar-refractivity contribution in [2.24, 2.45) is 0 Å². The van der Waals surface area contributed by atoms with Gasteiger partial charge in [0.2, 0.25) is 0 Å². The van der Waals surface area contributed by atoms with Gasteiger partial charge in [0.25, 0.3) is 0 Å². The van der Waals surface area contributed by atoms with Crippen LogP contribution in [-0.4, -0.2) is 26.5 Å². The topological polar surface area (TPSA) is 42.2 Å². The summed E-state index contributed by atoms with van der Waals surface area (Å²) in [6.45, 7) is 10.5. The van der Waals surface area contributed by atoms with Gasteiger partial charge in [-0.1, -0.05) is 19.3 Å². The highest BCUT2D eigenvalue weighted by atomic mass is 32.2. The van der Waals surface area contributed by atoms with Crippen molar-refractivity contribution < 1.29 is 8.85 Å². The Morgan fingerprint density at radius 2 is 1.53 bits per heavy atom.